The van der Waals surface area contributed by atoms with Crippen molar-refractivity contribution in [2.24, 2.45) is 29.6 Å². The quantitative estimate of drug-likeness (QED) is 0.202. The largest absolute Gasteiger partial charge is 0.490 e. The molecule has 4 aliphatic rings. The number of nitrogens with zero attached hydrogens (tertiary/aromatic N) is 1. The lowest BCUT2D eigenvalue weighted by Crippen LogP contribution is -2.42. The number of H-pyrrole nitrogens is 1. The first-order valence-electron chi connectivity index (χ1n) is 16.0. The molecule has 3 aromatic carbocycles. The topological polar surface area (TPSA) is 118 Å². The Hall–Kier alpha value is -4.06. The van der Waals surface area contributed by atoms with Crippen LogP contribution < -0.4 is 24.6 Å². The van der Waals surface area contributed by atoms with E-state index in [1.807, 2.05) is 56.3 Å². The van der Waals surface area contributed by atoms with Gasteiger partial charge in [0.1, 0.15) is 0 Å². The Kier molecular flexibility index (Phi) is 7.88. The highest BCUT2D eigenvalue weighted by Crippen LogP contribution is 2.68. The van der Waals surface area contributed by atoms with Gasteiger partial charge in [-0.15, -0.1) is 11.8 Å². The van der Waals surface area contributed by atoms with Gasteiger partial charge >= 0.3 is 4.87 Å². The Balaban J connectivity index is 1.10. The van der Waals surface area contributed by atoms with Crippen molar-refractivity contribution in [1.29, 1.82) is 0 Å². The predicted octanol–water partition coefficient (Wildman–Crippen LogP) is 6.49. The van der Waals surface area contributed by atoms with Crippen LogP contribution in [0.25, 0.3) is 0 Å². The monoisotopic (exact) mass is 701 g/mol. The Morgan fingerprint density at radius 1 is 0.958 bits per heavy atom. The summed E-state index contributed by atoms with van der Waals surface area (Å²) in [5, 5.41) is 4.27. The summed E-state index contributed by atoms with van der Waals surface area (Å²) in [6.07, 6.45) is 0.787. The summed E-state index contributed by atoms with van der Waals surface area (Å²) in [7, 11) is 0. The third kappa shape index (κ3) is 5.14. The van der Waals surface area contributed by atoms with Crippen molar-refractivity contribution in [2.45, 2.75) is 36.5 Å². The summed E-state index contributed by atoms with van der Waals surface area (Å²) in [6.45, 7) is 4.05. The fraction of sp³-hybridized carbons (Fsp3) is 0.333. The average molecular weight is 702 g/mol. The molecule has 0 unspecified atom stereocenters. The van der Waals surface area contributed by atoms with Gasteiger partial charge in [0.25, 0.3) is 5.91 Å². The van der Waals surface area contributed by atoms with Crippen molar-refractivity contribution in [3.8, 4) is 11.5 Å². The Morgan fingerprint density at radius 2 is 1.69 bits per heavy atom. The molecule has 12 heteroatoms. The van der Waals surface area contributed by atoms with Gasteiger partial charge in [-0.2, -0.15) is 0 Å². The highest BCUT2D eigenvalue weighted by Gasteiger charge is 2.69. The molecule has 9 nitrogen and oxygen atoms in total. The van der Waals surface area contributed by atoms with Crippen molar-refractivity contribution in [1.82, 2.24) is 4.98 Å². The molecular weight excluding hydrogens is 670 g/mol. The fourth-order valence-electron chi connectivity index (χ4n) is 8.32. The number of hydrogen-bond acceptors (Lipinski definition) is 8. The molecule has 4 aromatic rings. The molecule has 2 N–H and O–H groups in total. The van der Waals surface area contributed by atoms with Gasteiger partial charge in [0.05, 0.1) is 29.2 Å². The van der Waals surface area contributed by atoms with Crippen molar-refractivity contribution in [3.63, 3.8) is 0 Å². The van der Waals surface area contributed by atoms with Gasteiger partial charge in [-0.3, -0.25) is 24.1 Å². The van der Waals surface area contributed by atoms with E-state index in [9.17, 15) is 19.2 Å². The van der Waals surface area contributed by atoms with Crippen molar-refractivity contribution < 1.29 is 23.9 Å². The second kappa shape index (κ2) is 12.1. The van der Waals surface area contributed by atoms with E-state index in [2.05, 4.69) is 10.3 Å². The lowest BCUT2D eigenvalue weighted by atomic mass is 9.68. The van der Waals surface area contributed by atoms with Crippen LogP contribution in [0.3, 0.4) is 0 Å². The summed E-state index contributed by atoms with van der Waals surface area (Å²) >= 11 is 8.95. The number of halogens is 1. The molecule has 7 atom stereocenters. The maximum absolute atomic E-state index is 14.0. The molecule has 3 fully saturated rings. The molecule has 0 radical (unpaired) electrons. The number of carbonyl (C=O) groups is 3. The zero-order chi connectivity index (χ0) is 33.3. The maximum Gasteiger partial charge on any atom is 0.305 e. The van der Waals surface area contributed by atoms with E-state index in [-0.39, 0.29) is 64.0 Å². The van der Waals surface area contributed by atoms with Gasteiger partial charge < -0.3 is 19.8 Å². The number of fused-ring (bicyclic) bond motifs is 9. The lowest BCUT2D eigenvalue weighted by Gasteiger charge is -2.43. The van der Waals surface area contributed by atoms with Crippen molar-refractivity contribution in [2.75, 3.05) is 23.4 Å². The minimum Gasteiger partial charge on any atom is -0.490 e. The molecule has 3 heterocycles. The number of amides is 3. The minimum absolute atomic E-state index is 0.00353. The van der Waals surface area contributed by atoms with E-state index in [0.29, 0.717) is 34.5 Å². The summed E-state index contributed by atoms with van der Waals surface area (Å²) in [4.78, 5) is 58.5. The number of benzene rings is 3. The molecular formula is C36H32ClN3O6S2. The van der Waals surface area contributed by atoms with E-state index in [1.54, 1.807) is 36.0 Å². The van der Waals surface area contributed by atoms with Crippen molar-refractivity contribution >= 4 is 63.8 Å². The van der Waals surface area contributed by atoms with Gasteiger partial charge in [0, 0.05) is 26.8 Å². The lowest BCUT2D eigenvalue weighted by molar-refractivity contribution is -0.123. The Morgan fingerprint density at radius 3 is 2.42 bits per heavy atom. The molecule has 3 amide bonds. The number of anilines is 2. The van der Waals surface area contributed by atoms with Gasteiger partial charge in [-0.25, -0.2) is 0 Å². The van der Waals surface area contributed by atoms with Gasteiger partial charge in [-0.1, -0.05) is 46.7 Å². The van der Waals surface area contributed by atoms with Crippen LogP contribution in [-0.4, -0.2) is 41.2 Å². The number of rotatable bonds is 8. The first-order chi connectivity index (χ1) is 23.2. The van der Waals surface area contributed by atoms with Crippen LogP contribution in [0.4, 0.5) is 11.4 Å². The number of aryl methyl sites for hydroxylation is 1. The highest BCUT2D eigenvalue weighted by atomic mass is 35.5. The predicted molar refractivity (Wildman–Crippen MR) is 185 cm³/mol. The SMILES string of the molecule is CCOc1cc([C@@H]2c3sc(=O)[nH]c3S[C@@H]3[C@@H]4C[C@@H]([C@@H]5C(=O)N(c6ccc(Cl)cc6)C(=O)[C@@H]45)[C@H]23)ccc1OCC(=O)Nc1ccc(C)cc1. The molecule has 2 aliphatic carbocycles. The second-order valence-corrected chi connectivity index (χ2v) is 15.4. The third-order valence-corrected chi connectivity index (χ3v) is 13.0. The van der Waals surface area contributed by atoms with Crippen LogP contribution in [0.5, 0.6) is 11.5 Å². The van der Waals surface area contributed by atoms with Gasteiger partial charge in [0.2, 0.25) is 11.8 Å². The number of imide groups is 1. The van der Waals surface area contributed by atoms with Crippen LogP contribution in [0, 0.1) is 36.5 Å². The number of nitrogens with one attached hydrogen (secondary N) is 2. The van der Waals surface area contributed by atoms with Gasteiger partial charge in [-0.05, 0) is 92.1 Å². The fourth-order valence-corrected chi connectivity index (χ4v) is 11.3. The molecule has 246 valence electrons. The van der Waals surface area contributed by atoms with Crippen LogP contribution in [0.1, 0.15) is 35.3 Å². The highest BCUT2D eigenvalue weighted by molar-refractivity contribution is 8.00. The summed E-state index contributed by atoms with van der Waals surface area (Å²) in [5.41, 5.74) is 3.27. The van der Waals surface area contributed by atoms with Crippen molar-refractivity contribution in [3.05, 3.63) is 97.4 Å². The first-order valence-corrected chi connectivity index (χ1v) is 18.1. The average Bonchev–Trinajstić information content (AvgIpc) is 3.81. The Bertz CT molecular complexity index is 1990. The standard InChI is InChI=1S/C36H32ClN3O6S2/c1-3-45-25-14-18(6-13-24(25)46-16-26(41)38-20-9-4-17(2)5-10-20)27-28-22-15-23(31(28)47-33-32(27)48-36(44)39-33)30-29(22)34(42)40(35(30)43)21-11-7-19(37)8-12-21/h4-14,22-23,27-31H,3,15-16H2,1-2H3,(H,38,41)(H,39,44)/t22-,23-,27+,28-,29+,30+,31-/m1/s1. The zero-order valence-electron chi connectivity index (χ0n) is 26.1. The number of aromatic amines is 1. The van der Waals surface area contributed by atoms with Crippen LogP contribution in [0.15, 0.2) is 76.6 Å². The number of aromatic nitrogens is 1. The van der Waals surface area contributed by atoms with E-state index in [1.165, 1.54) is 16.2 Å². The van der Waals surface area contributed by atoms with E-state index < -0.39 is 5.92 Å². The van der Waals surface area contributed by atoms with Crippen LogP contribution >= 0.6 is 34.7 Å². The molecule has 1 saturated heterocycles. The second-order valence-electron chi connectivity index (χ2n) is 12.8. The normalized spacial score (nSPS) is 26.6. The minimum atomic E-state index is -0.416. The first kappa shape index (κ1) is 31.2. The third-order valence-electron chi connectivity index (χ3n) is 10.1. The number of carbonyl (C=O) groups excluding carboxylic acids is 3. The summed E-state index contributed by atoms with van der Waals surface area (Å²) < 4.78 is 12.0. The van der Waals surface area contributed by atoms with E-state index >= 15 is 0 Å². The Labute approximate surface area is 290 Å². The summed E-state index contributed by atoms with van der Waals surface area (Å²) in [6, 6.07) is 20.1. The van der Waals surface area contributed by atoms with E-state index in [0.717, 1.165) is 27.5 Å². The van der Waals surface area contributed by atoms with E-state index in [4.69, 9.17) is 21.1 Å². The number of thioether (sulfide) groups is 1. The number of ether oxygens (including phenoxy) is 2. The van der Waals surface area contributed by atoms with Crippen LogP contribution in [-0.2, 0) is 14.4 Å². The summed E-state index contributed by atoms with van der Waals surface area (Å²) in [5.74, 6) is -0.640. The van der Waals surface area contributed by atoms with Gasteiger partial charge in [0.15, 0.2) is 18.1 Å². The number of hydrogen-bond donors (Lipinski definition) is 2. The molecule has 2 aliphatic heterocycles. The maximum atomic E-state index is 14.0. The number of thiazole rings is 1. The smallest absolute Gasteiger partial charge is 0.305 e. The molecule has 0 spiro atoms. The molecule has 2 saturated carbocycles. The zero-order valence-corrected chi connectivity index (χ0v) is 28.5. The molecule has 1 aromatic heterocycles. The molecule has 48 heavy (non-hydrogen) atoms. The van der Waals surface area contributed by atoms with Crippen LogP contribution in [0.2, 0.25) is 5.02 Å². The molecule has 8 rings (SSSR count). The molecule has 2 bridgehead atoms.